The average molecular weight is 585 g/mol. The molecule has 0 bridgehead atoms. The molecule has 0 aliphatic carbocycles. The number of oxazole rings is 1. The van der Waals surface area contributed by atoms with Crippen LogP contribution < -0.4 is 9.80 Å². The third-order valence-corrected chi connectivity index (χ3v) is 9.10. The second-order valence-corrected chi connectivity index (χ2v) is 11.8. The number of fused-ring (bicyclic) bond motifs is 4. The van der Waals surface area contributed by atoms with Crippen LogP contribution in [0.5, 0.6) is 0 Å². The Morgan fingerprint density at radius 1 is 0.477 bits per heavy atom. The second kappa shape index (κ2) is 9.93. The van der Waals surface area contributed by atoms with E-state index in [4.69, 9.17) is 14.4 Å². The summed E-state index contributed by atoms with van der Waals surface area (Å²) in [7, 11) is 0. The van der Waals surface area contributed by atoms with Crippen LogP contribution in [0.3, 0.4) is 0 Å². The predicted octanol–water partition coefficient (Wildman–Crippen LogP) is 11.0. The van der Waals surface area contributed by atoms with Crippen LogP contribution in [0.2, 0.25) is 0 Å². The third-order valence-electron chi connectivity index (χ3n) is 8.03. The first-order valence-corrected chi connectivity index (χ1v) is 15.3. The maximum absolute atomic E-state index is 6.27. The highest BCUT2D eigenvalue weighted by Gasteiger charge is 2.30. The monoisotopic (exact) mass is 584 g/mol. The first kappa shape index (κ1) is 24.8. The summed E-state index contributed by atoms with van der Waals surface area (Å²) in [6, 6.07) is 50.4. The quantitative estimate of drug-likeness (QED) is 0.206. The van der Waals surface area contributed by atoms with Crippen molar-refractivity contribution in [3.8, 4) is 22.0 Å². The van der Waals surface area contributed by atoms with Crippen LogP contribution in [0.1, 0.15) is 0 Å². The molecule has 5 nitrogen and oxygen atoms in total. The van der Waals surface area contributed by atoms with Crippen molar-refractivity contribution in [2.45, 2.75) is 0 Å². The molecule has 0 saturated heterocycles. The zero-order valence-electron chi connectivity index (χ0n) is 23.5. The lowest BCUT2D eigenvalue weighted by atomic mass is 10.0. The molecule has 0 N–H and O–H groups in total. The van der Waals surface area contributed by atoms with E-state index in [1.165, 1.54) is 0 Å². The summed E-state index contributed by atoms with van der Waals surface area (Å²) in [5, 5.41) is 0.997. The van der Waals surface area contributed by atoms with E-state index in [1.807, 2.05) is 24.3 Å². The maximum Gasteiger partial charge on any atom is 0.227 e. The topological polar surface area (TPSA) is 45.4 Å². The molecule has 2 aromatic heterocycles. The van der Waals surface area contributed by atoms with E-state index < -0.39 is 0 Å². The summed E-state index contributed by atoms with van der Waals surface area (Å²) >= 11 is 1.67. The van der Waals surface area contributed by atoms with E-state index in [2.05, 4.69) is 131 Å². The van der Waals surface area contributed by atoms with Crippen molar-refractivity contribution in [2.75, 3.05) is 9.80 Å². The molecule has 0 spiro atoms. The van der Waals surface area contributed by atoms with Crippen LogP contribution in [0.4, 0.5) is 34.1 Å². The van der Waals surface area contributed by atoms with Crippen LogP contribution in [0.15, 0.2) is 150 Å². The Hall–Kier alpha value is -5.72. The van der Waals surface area contributed by atoms with Crippen LogP contribution in [-0.4, -0.2) is 9.97 Å². The molecule has 3 heterocycles. The van der Waals surface area contributed by atoms with Crippen molar-refractivity contribution in [3.05, 3.63) is 146 Å². The highest BCUT2D eigenvalue weighted by Crippen LogP contribution is 2.53. The normalized spacial score (nSPS) is 12.5. The Kier molecular flexibility index (Phi) is 5.61. The molecule has 6 aromatic carbocycles. The van der Waals surface area contributed by atoms with E-state index in [0.29, 0.717) is 5.89 Å². The Labute approximate surface area is 257 Å². The molecule has 208 valence electrons. The molecule has 6 heteroatoms. The molecular weight excluding hydrogens is 561 g/mol. The second-order valence-electron chi connectivity index (χ2n) is 10.7. The summed E-state index contributed by atoms with van der Waals surface area (Å²) in [6.45, 7) is 0. The van der Waals surface area contributed by atoms with Crippen LogP contribution in [-0.2, 0) is 0 Å². The number of anilines is 6. The number of benzene rings is 6. The lowest BCUT2D eigenvalue weighted by molar-refractivity contribution is 0.620. The molecule has 0 fully saturated rings. The zero-order chi connectivity index (χ0) is 29.0. The van der Waals surface area contributed by atoms with E-state index in [1.54, 1.807) is 11.3 Å². The first-order chi connectivity index (χ1) is 21.8. The minimum atomic E-state index is 0.599. The minimum absolute atomic E-state index is 0.599. The van der Waals surface area contributed by atoms with Crippen molar-refractivity contribution in [1.82, 2.24) is 9.97 Å². The van der Waals surface area contributed by atoms with Gasteiger partial charge in [-0.2, -0.15) is 0 Å². The zero-order valence-corrected chi connectivity index (χ0v) is 24.3. The molecular formula is C38H24N4OS. The Morgan fingerprint density at radius 3 is 1.64 bits per heavy atom. The van der Waals surface area contributed by atoms with Gasteiger partial charge in [-0.1, -0.05) is 72.8 Å². The molecule has 0 atom stereocenters. The summed E-state index contributed by atoms with van der Waals surface area (Å²) in [6.07, 6.45) is 0. The summed E-state index contributed by atoms with van der Waals surface area (Å²) < 4.78 is 7.37. The number of aromatic nitrogens is 2. The van der Waals surface area contributed by atoms with Gasteiger partial charge < -0.3 is 14.2 Å². The van der Waals surface area contributed by atoms with E-state index in [-0.39, 0.29) is 0 Å². The summed E-state index contributed by atoms with van der Waals surface area (Å²) in [5.41, 5.74) is 11.2. The first-order valence-electron chi connectivity index (χ1n) is 14.5. The highest BCUT2D eigenvalue weighted by atomic mass is 32.1. The summed E-state index contributed by atoms with van der Waals surface area (Å²) in [4.78, 5) is 14.4. The third kappa shape index (κ3) is 4.00. The fraction of sp³-hybridized carbons (Fsp3) is 0. The van der Waals surface area contributed by atoms with Crippen molar-refractivity contribution in [3.63, 3.8) is 0 Å². The Morgan fingerprint density at radius 2 is 1.02 bits per heavy atom. The van der Waals surface area contributed by atoms with Crippen molar-refractivity contribution in [2.24, 2.45) is 0 Å². The highest BCUT2D eigenvalue weighted by molar-refractivity contribution is 7.21. The van der Waals surface area contributed by atoms with E-state index in [9.17, 15) is 0 Å². The van der Waals surface area contributed by atoms with Gasteiger partial charge in [0.25, 0.3) is 0 Å². The van der Waals surface area contributed by atoms with Gasteiger partial charge in [-0.3, -0.25) is 0 Å². The van der Waals surface area contributed by atoms with Gasteiger partial charge in [-0.25, -0.2) is 9.97 Å². The van der Waals surface area contributed by atoms with Gasteiger partial charge in [0, 0.05) is 28.6 Å². The van der Waals surface area contributed by atoms with Crippen LogP contribution >= 0.6 is 11.3 Å². The number of nitrogens with zero attached hydrogens (tertiary/aromatic N) is 4. The molecule has 0 amide bonds. The Bertz CT molecular complexity index is 2190. The van der Waals surface area contributed by atoms with Crippen LogP contribution in [0.25, 0.3) is 43.3 Å². The fourth-order valence-electron chi connectivity index (χ4n) is 6.01. The summed E-state index contributed by atoms with van der Waals surface area (Å²) in [5.74, 6) is 0.599. The van der Waals surface area contributed by atoms with Gasteiger partial charge in [0.15, 0.2) is 5.58 Å². The molecule has 44 heavy (non-hydrogen) atoms. The largest absolute Gasteiger partial charge is 0.436 e. The van der Waals surface area contributed by atoms with Crippen LogP contribution in [0, 0.1) is 0 Å². The molecule has 1 aliphatic heterocycles. The van der Waals surface area contributed by atoms with Crippen molar-refractivity contribution in [1.29, 1.82) is 0 Å². The number of para-hydroxylation sites is 5. The molecule has 0 saturated carbocycles. The SMILES string of the molecule is c1ccc(-c2nc3cc4oc(-c5ccc(N6c7ccccc7N(c7ccccc7)c7ccccc76)cc5)nc4cc3s2)cc1. The standard InChI is InChI=1S/C38H24N4OS/c1-3-11-26(12-4-1)38-40-30-23-35-29(24-36(30)44-38)39-37(43-35)25-19-21-28(22-20-25)42-33-17-9-7-15-31(33)41(27-13-5-2-6-14-27)32-16-8-10-18-34(32)42/h1-24H. The predicted molar refractivity (Wildman–Crippen MR) is 181 cm³/mol. The van der Waals surface area contributed by atoms with Gasteiger partial charge in [0.2, 0.25) is 5.89 Å². The molecule has 1 aliphatic rings. The minimum Gasteiger partial charge on any atom is -0.436 e. The van der Waals surface area contributed by atoms with Gasteiger partial charge in [-0.05, 0) is 66.7 Å². The Balaban J connectivity index is 1.09. The van der Waals surface area contributed by atoms with Gasteiger partial charge in [0.05, 0.1) is 33.0 Å². The number of thiazole rings is 1. The van der Waals surface area contributed by atoms with Crippen molar-refractivity contribution >= 4 is 66.8 Å². The van der Waals surface area contributed by atoms with Gasteiger partial charge in [-0.15, -0.1) is 11.3 Å². The van der Waals surface area contributed by atoms with Gasteiger partial charge in [0.1, 0.15) is 10.5 Å². The van der Waals surface area contributed by atoms with Crippen molar-refractivity contribution < 1.29 is 4.42 Å². The smallest absolute Gasteiger partial charge is 0.227 e. The molecule has 9 rings (SSSR count). The number of hydrogen-bond donors (Lipinski definition) is 0. The average Bonchev–Trinajstić information content (AvgIpc) is 3.70. The van der Waals surface area contributed by atoms with E-state index in [0.717, 1.165) is 71.6 Å². The van der Waals surface area contributed by atoms with E-state index >= 15 is 0 Å². The molecule has 0 unspecified atom stereocenters. The number of rotatable bonds is 4. The molecule has 0 radical (unpaired) electrons. The lowest BCUT2D eigenvalue weighted by Crippen LogP contribution is -2.23. The number of hydrogen-bond acceptors (Lipinski definition) is 6. The van der Waals surface area contributed by atoms with Gasteiger partial charge >= 0.3 is 0 Å². The molecule has 8 aromatic rings. The lowest BCUT2D eigenvalue weighted by Gasteiger charge is -2.40. The fourth-order valence-corrected chi connectivity index (χ4v) is 6.99. The maximum atomic E-state index is 6.27.